The summed E-state index contributed by atoms with van der Waals surface area (Å²) in [5.74, 6) is -7.87. The van der Waals surface area contributed by atoms with Crippen LogP contribution in [0, 0.1) is 11.8 Å². The third-order valence-electron chi connectivity index (χ3n) is 6.68. The average molecular weight is 541 g/mol. The van der Waals surface area contributed by atoms with Gasteiger partial charge in [-0.05, 0) is 48.9 Å². The van der Waals surface area contributed by atoms with Crippen LogP contribution in [0.3, 0.4) is 0 Å². The smallest absolute Gasteiger partial charge is 0.351 e. The Balaban J connectivity index is 2.19. The minimum absolute atomic E-state index is 0.238. The van der Waals surface area contributed by atoms with Gasteiger partial charge < -0.3 is 30.7 Å². The van der Waals surface area contributed by atoms with Gasteiger partial charge >= 0.3 is 5.92 Å². The van der Waals surface area contributed by atoms with Gasteiger partial charge in [-0.2, -0.15) is 8.78 Å². The molecule has 1 aromatic carbocycles. The highest BCUT2D eigenvalue weighted by molar-refractivity contribution is 5.98. The summed E-state index contributed by atoms with van der Waals surface area (Å²) in [6.07, 6.45) is -1.71. The van der Waals surface area contributed by atoms with Crippen LogP contribution in [0.15, 0.2) is 24.3 Å². The van der Waals surface area contributed by atoms with Crippen molar-refractivity contribution in [2.75, 3.05) is 20.7 Å². The van der Waals surface area contributed by atoms with Gasteiger partial charge in [0.05, 0.1) is 13.2 Å². The maximum Gasteiger partial charge on any atom is 0.351 e. The molecule has 1 aromatic rings. The Bertz CT molecular complexity index is 1000. The molecule has 12 heteroatoms. The second kappa shape index (κ2) is 13.0. The summed E-state index contributed by atoms with van der Waals surface area (Å²) >= 11 is 0. The van der Waals surface area contributed by atoms with Crippen molar-refractivity contribution in [2.24, 2.45) is 11.8 Å². The van der Waals surface area contributed by atoms with E-state index in [1.54, 1.807) is 38.1 Å². The first kappa shape index (κ1) is 30.9. The van der Waals surface area contributed by atoms with Gasteiger partial charge in [0.1, 0.15) is 23.9 Å². The number of hydrogen-bond acceptors (Lipinski definition) is 6. The third-order valence-corrected chi connectivity index (χ3v) is 6.68. The van der Waals surface area contributed by atoms with Crippen molar-refractivity contribution in [3.05, 3.63) is 29.8 Å². The Morgan fingerprint density at radius 3 is 2.16 bits per heavy atom. The van der Waals surface area contributed by atoms with Crippen molar-refractivity contribution in [3.63, 3.8) is 0 Å². The van der Waals surface area contributed by atoms with E-state index in [0.717, 1.165) is 7.05 Å². The summed E-state index contributed by atoms with van der Waals surface area (Å²) in [6.45, 7) is 6.80. The molecule has 1 aliphatic rings. The van der Waals surface area contributed by atoms with Crippen LogP contribution in [0.5, 0.6) is 5.75 Å². The molecule has 1 fully saturated rings. The lowest BCUT2D eigenvalue weighted by Crippen LogP contribution is -2.61. The summed E-state index contributed by atoms with van der Waals surface area (Å²) in [6, 6.07) is 2.99. The van der Waals surface area contributed by atoms with E-state index in [4.69, 9.17) is 4.74 Å². The highest BCUT2D eigenvalue weighted by Gasteiger charge is 2.51. The predicted molar refractivity (Wildman–Crippen MR) is 136 cm³/mol. The first-order valence-corrected chi connectivity index (χ1v) is 12.6. The standard InChI is InChI=1S/C26H38F2N4O6/c1-14(2)19(21(33)26(27,28)25(37)29-5)30-23(35)18-8-7-13-32(18)24(36)20(15(3)4)31-22(34)16-9-11-17(38-6)12-10-16/h9-12,14-15,18-21,33H,7-8,13H2,1-6H3,(H,29,37)(H,30,35)(H,31,34)/t18-,19-,20-,21+/m0/s1. The van der Waals surface area contributed by atoms with Crippen molar-refractivity contribution < 1.29 is 37.8 Å². The summed E-state index contributed by atoms with van der Waals surface area (Å²) in [7, 11) is 2.52. The van der Waals surface area contributed by atoms with Crippen LogP contribution in [0.4, 0.5) is 8.78 Å². The van der Waals surface area contributed by atoms with Gasteiger partial charge in [0.25, 0.3) is 11.8 Å². The molecule has 0 radical (unpaired) electrons. The summed E-state index contributed by atoms with van der Waals surface area (Å²) < 4.78 is 33.9. The van der Waals surface area contributed by atoms with Crippen LogP contribution in [-0.4, -0.2) is 84.5 Å². The van der Waals surface area contributed by atoms with E-state index in [1.807, 2.05) is 5.32 Å². The van der Waals surface area contributed by atoms with Crippen LogP contribution in [0.1, 0.15) is 50.9 Å². The molecule has 0 aromatic heterocycles. The topological polar surface area (TPSA) is 137 Å². The van der Waals surface area contributed by atoms with E-state index in [9.17, 15) is 33.1 Å². The van der Waals surface area contributed by atoms with Crippen LogP contribution in [-0.2, 0) is 14.4 Å². The number of nitrogens with zero attached hydrogens (tertiary/aromatic N) is 1. The van der Waals surface area contributed by atoms with E-state index >= 15 is 0 Å². The molecular weight excluding hydrogens is 502 g/mol. The Morgan fingerprint density at radius 1 is 1.05 bits per heavy atom. The SMILES string of the molecule is CNC(=O)C(F)(F)[C@H](O)[C@@H](NC(=O)[C@@H]1CCCN1C(=O)[C@@H](NC(=O)c1ccc(OC)cc1)C(C)C)C(C)C. The van der Waals surface area contributed by atoms with Crippen LogP contribution in [0.2, 0.25) is 0 Å². The Hall–Kier alpha value is -3.28. The van der Waals surface area contributed by atoms with Gasteiger partial charge in [-0.25, -0.2) is 0 Å². The Labute approximate surface area is 221 Å². The van der Waals surface area contributed by atoms with Gasteiger partial charge in [0.2, 0.25) is 11.8 Å². The zero-order valence-corrected chi connectivity index (χ0v) is 22.6. The van der Waals surface area contributed by atoms with E-state index in [0.29, 0.717) is 17.7 Å². The van der Waals surface area contributed by atoms with Gasteiger partial charge in [-0.3, -0.25) is 19.2 Å². The zero-order valence-electron chi connectivity index (χ0n) is 22.6. The molecule has 38 heavy (non-hydrogen) atoms. The molecule has 212 valence electrons. The number of carbonyl (C=O) groups is 4. The number of amides is 4. The molecule has 0 spiro atoms. The number of halogens is 2. The number of likely N-dealkylation sites (tertiary alicyclic amines) is 1. The molecule has 0 aliphatic carbocycles. The summed E-state index contributed by atoms with van der Waals surface area (Å²) in [5, 5.41) is 17.3. The molecule has 0 saturated carbocycles. The van der Waals surface area contributed by atoms with E-state index < -0.39 is 59.7 Å². The van der Waals surface area contributed by atoms with E-state index in [1.165, 1.54) is 25.9 Å². The number of hydrogen-bond donors (Lipinski definition) is 4. The molecule has 4 N–H and O–H groups in total. The largest absolute Gasteiger partial charge is 0.497 e. The van der Waals surface area contributed by atoms with Gasteiger partial charge in [0, 0.05) is 19.2 Å². The second-order valence-electron chi connectivity index (χ2n) is 10.0. The molecular formula is C26H38F2N4O6. The molecule has 0 unspecified atom stereocenters. The fourth-order valence-corrected chi connectivity index (χ4v) is 4.36. The van der Waals surface area contributed by atoms with Crippen LogP contribution < -0.4 is 20.7 Å². The van der Waals surface area contributed by atoms with E-state index in [2.05, 4.69) is 10.6 Å². The lowest BCUT2D eigenvalue weighted by Gasteiger charge is -2.34. The average Bonchev–Trinajstić information content (AvgIpc) is 3.38. The molecule has 4 atom stereocenters. The minimum atomic E-state index is -4.14. The quantitative estimate of drug-likeness (QED) is 0.334. The number of ether oxygens (including phenoxy) is 1. The molecule has 4 amide bonds. The lowest BCUT2D eigenvalue weighted by atomic mass is 9.93. The van der Waals surface area contributed by atoms with Crippen molar-refractivity contribution in [1.82, 2.24) is 20.9 Å². The highest BCUT2D eigenvalue weighted by Crippen LogP contribution is 2.26. The predicted octanol–water partition coefficient (Wildman–Crippen LogP) is 1.32. The fraction of sp³-hybridized carbons (Fsp3) is 0.615. The third kappa shape index (κ3) is 6.97. The highest BCUT2D eigenvalue weighted by atomic mass is 19.3. The number of benzene rings is 1. The monoisotopic (exact) mass is 540 g/mol. The number of rotatable bonds is 11. The maximum absolute atomic E-state index is 14.4. The number of methoxy groups -OCH3 is 1. The van der Waals surface area contributed by atoms with Crippen LogP contribution >= 0.6 is 0 Å². The molecule has 1 saturated heterocycles. The molecule has 0 bridgehead atoms. The fourth-order valence-electron chi connectivity index (χ4n) is 4.36. The number of aliphatic hydroxyl groups is 1. The minimum Gasteiger partial charge on any atom is -0.497 e. The van der Waals surface area contributed by atoms with Gasteiger partial charge in [-0.15, -0.1) is 0 Å². The van der Waals surface area contributed by atoms with Gasteiger partial charge in [-0.1, -0.05) is 27.7 Å². The van der Waals surface area contributed by atoms with Crippen molar-refractivity contribution in [1.29, 1.82) is 0 Å². The molecule has 1 heterocycles. The molecule has 1 aliphatic heterocycles. The summed E-state index contributed by atoms with van der Waals surface area (Å²) in [4.78, 5) is 52.5. The number of aliphatic hydroxyl groups excluding tert-OH is 1. The Morgan fingerprint density at radius 2 is 1.66 bits per heavy atom. The zero-order chi connectivity index (χ0) is 28.8. The Kier molecular flexibility index (Phi) is 10.6. The van der Waals surface area contributed by atoms with Crippen molar-refractivity contribution in [2.45, 2.75) is 70.7 Å². The van der Waals surface area contributed by atoms with Crippen molar-refractivity contribution >= 4 is 23.6 Å². The molecule has 10 nitrogen and oxygen atoms in total. The van der Waals surface area contributed by atoms with Gasteiger partial charge in [0.15, 0.2) is 0 Å². The lowest BCUT2D eigenvalue weighted by molar-refractivity contribution is -0.169. The van der Waals surface area contributed by atoms with E-state index in [-0.39, 0.29) is 18.9 Å². The second-order valence-corrected chi connectivity index (χ2v) is 10.0. The van der Waals surface area contributed by atoms with Crippen molar-refractivity contribution in [3.8, 4) is 5.75 Å². The first-order chi connectivity index (χ1) is 17.8. The summed E-state index contributed by atoms with van der Waals surface area (Å²) in [5.41, 5.74) is 0.325. The number of alkyl halides is 2. The van der Waals surface area contributed by atoms with Crippen LogP contribution in [0.25, 0.3) is 0 Å². The normalized spacial score (nSPS) is 18.1. The number of carbonyl (C=O) groups excluding carboxylic acids is 4. The molecule has 2 rings (SSSR count). The maximum atomic E-state index is 14.4. The number of nitrogens with one attached hydrogen (secondary N) is 3. The first-order valence-electron chi connectivity index (χ1n) is 12.6.